The van der Waals surface area contributed by atoms with Crippen molar-refractivity contribution in [2.45, 2.75) is 6.92 Å². The molecule has 0 bridgehead atoms. The number of anilines is 1. The summed E-state index contributed by atoms with van der Waals surface area (Å²) < 4.78 is 7.10. The molecule has 0 saturated carbocycles. The number of ether oxygens (including phenoxy) is 1. The van der Waals surface area contributed by atoms with Crippen molar-refractivity contribution in [3.05, 3.63) is 92.3 Å². The van der Waals surface area contributed by atoms with Gasteiger partial charge in [0.25, 0.3) is 11.6 Å². The van der Waals surface area contributed by atoms with Crippen molar-refractivity contribution in [2.75, 3.05) is 5.32 Å². The normalized spacial score (nSPS) is 10.6. The Balaban J connectivity index is 1.59. The van der Waals surface area contributed by atoms with Crippen molar-refractivity contribution >= 4 is 40.5 Å². The van der Waals surface area contributed by atoms with E-state index in [4.69, 9.17) is 27.9 Å². The SMILES string of the molecule is Cc1c(C(=O)Nc2ccccc2Oc2ncc(Cl)cc2Cl)nnn1-c1cccc([N+](=O)[O-])c1. The highest BCUT2D eigenvalue weighted by molar-refractivity contribution is 6.35. The summed E-state index contributed by atoms with van der Waals surface area (Å²) in [6, 6.07) is 14.1. The molecule has 166 valence electrons. The van der Waals surface area contributed by atoms with Gasteiger partial charge in [-0.15, -0.1) is 5.10 Å². The van der Waals surface area contributed by atoms with E-state index in [-0.39, 0.29) is 22.3 Å². The van der Waals surface area contributed by atoms with Crippen LogP contribution in [0.5, 0.6) is 11.6 Å². The van der Waals surface area contributed by atoms with Crippen molar-refractivity contribution in [2.24, 2.45) is 0 Å². The minimum atomic E-state index is -0.546. The number of nitro benzene ring substituents is 1. The monoisotopic (exact) mass is 484 g/mol. The van der Waals surface area contributed by atoms with Gasteiger partial charge in [0.15, 0.2) is 11.4 Å². The molecule has 0 unspecified atom stereocenters. The molecule has 2 heterocycles. The predicted molar refractivity (Wildman–Crippen MR) is 121 cm³/mol. The zero-order valence-corrected chi connectivity index (χ0v) is 18.4. The average molecular weight is 485 g/mol. The smallest absolute Gasteiger partial charge is 0.278 e. The second-order valence-electron chi connectivity index (χ2n) is 6.71. The second-order valence-corrected chi connectivity index (χ2v) is 7.55. The summed E-state index contributed by atoms with van der Waals surface area (Å²) in [4.78, 5) is 27.5. The van der Waals surface area contributed by atoms with E-state index in [0.29, 0.717) is 27.8 Å². The molecule has 0 fully saturated rings. The number of nitrogens with one attached hydrogen (secondary N) is 1. The minimum absolute atomic E-state index is 0.0407. The molecule has 2 aromatic carbocycles. The van der Waals surface area contributed by atoms with E-state index >= 15 is 0 Å². The van der Waals surface area contributed by atoms with Crippen LogP contribution in [0.15, 0.2) is 60.8 Å². The third-order valence-corrected chi connectivity index (χ3v) is 4.99. The third-order valence-electron chi connectivity index (χ3n) is 4.51. The molecule has 10 nitrogen and oxygen atoms in total. The van der Waals surface area contributed by atoms with E-state index in [1.54, 1.807) is 37.3 Å². The van der Waals surface area contributed by atoms with Gasteiger partial charge < -0.3 is 10.1 Å². The van der Waals surface area contributed by atoms with Crippen LogP contribution in [0.2, 0.25) is 10.0 Å². The van der Waals surface area contributed by atoms with Crippen molar-refractivity contribution in [1.82, 2.24) is 20.0 Å². The highest BCUT2D eigenvalue weighted by Gasteiger charge is 2.20. The molecule has 0 aliphatic rings. The zero-order chi connectivity index (χ0) is 23.5. The molecule has 0 radical (unpaired) electrons. The number of amides is 1. The van der Waals surface area contributed by atoms with Crippen molar-refractivity contribution < 1.29 is 14.5 Å². The fourth-order valence-corrected chi connectivity index (χ4v) is 3.36. The molecular weight excluding hydrogens is 471 g/mol. The number of benzene rings is 2. The van der Waals surface area contributed by atoms with E-state index in [9.17, 15) is 14.9 Å². The fourth-order valence-electron chi connectivity index (χ4n) is 2.94. The largest absolute Gasteiger partial charge is 0.435 e. The topological polar surface area (TPSA) is 125 Å². The van der Waals surface area contributed by atoms with Gasteiger partial charge in [-0.1, -0.05) is 46.6 Å². The van der Waals surface area contributed by atoms with Crippen LogP contribution in [0.25, 0.3) is 5.69 Å². The molecule has 4 rings (SSSR count). The lowest BCUT2D eigenvalue weighted by Crippen LogP contribution is -2.15. The van der Waals surface area contributed by atoms with E-state index in [1.165, 1.54) is 35.1 Å². The number of hydrogen-bond donors (Lipinski definition) is 1. The van der Waals surface area contributed by atoms with Crippen molar-refractivity contribution in [3.8, 4) is 17.3 Å². The molecule has 0 aliphatic carbocycles. The number of halogens is 2. The zero-order valence-electron chi connectivity index (χ0n) is 16.9. The van der Waals surface area contributed by atoms with E-state index in [0.717, 1.165) is 0 Å². The van der Waals surface area contributed by atoms with Gasteiger partial charge in [-0.3, -0.25) is 14.9 Å². The summed E-state index contributed by atoms with van der Waals surface area (Å²) in [5.74, 6) is -0.128. The van der Waals surface area contributed by atoms with Gasteiger partial charge in [0, 0.05) is 18.3 Å². The average Bonchev–Trinajstić information content (AvgIpc) is 3.18. The lowest BCUT2D eigenvalue weighted by atomic mass is 10.2. The first-order chi connectivity index (χ1) is 15.8. The minimum Gasteiger partial charge on any atom is -0.435 e. The van der Waals surface area contributed by atoms with Crippen LogP contribution in [0.3, 0.4) is 0 Å². The Morgan fingerprint density at radius 2 is 1.94 bits per heavy atom. The molecule has 1 N–H and O–H groups in total. The maximum atomic E-state index is 12.9. The number of para-hydroxylation sites is 2. The molecule has 1 amide bonds. The Hall–Kier alpha value is -4.02. The Morgan fingerprint density at radius 3 is 2.70 bits per heavy atom. The lowest BCUT2D eigenvalue weighted by molar-refractivity contribution is -0.384. The molecular formula is C21H14Cl2N6O4. The molecule has 2 aromatic heterocycles. The Kier molecular flexibility index (Phi) is 6.20. The van der Waals surface area contributed by atoms with Crippen LogP contribution in [0, 0.1) is 17.0 Å². The van der Waals surface area contributed by atoms with Gasteiger partial charge in [0.05, 0.1) is 27.0 Å². The van der Waals surface area contributed by atoms with Gasteiger partial charge >= 0.3 is 0 Å². The number of nitrogens with zero attached hydrogens (tertiary/aromatic N) is 5. The molecule has 4 aromatic rings. The highest BCUT2D eigenvalue weighted by Crippen LogP contribution is 2.33. The number of aromatic nitrogens is 4. The van der Waals surface area contributed by atoms with Gasteiger partial charge in [-0.25, -0.2) is 9.67 Å². The third kappa shape index (κ3) is 4.76. The summed E-state index contributed by atoms with van der Waals surface area (Å²) in [5.41, 5.74) is 1.08. The number of hydrogen-bond acceptors (Lipinski definition) is 7. The maximum absolute atomic E-state index is 12.9. The number of carbonyl (C=O) groups is 1. The second kappa shape index (κ2) is 9.23. The standard InChI is InChI=1S/C21H14Cl2N6O4/c1-12-19(26-27-28(12)14-5-4-6-15(10-14)29(31)32)20(30)25-17-7-2-3-8-18(17)33-21-16(23)9-13(22)11-24-21/h2-11H,1H3,(H,25,30). The summed E-state index contributed by atoms with van der Waals surface area (Å²) in [5, 5.41) is 22.3. The van der Waals surface area contributed by atoms with Gasteiger partial charge in [-0.05, 0) is 31.2 Å². The number of rotatable bonds is 6. The summed E-state index contributed by atoms with van der Waals surface area (Å²) in [6.45, 7) is 1.63. The van der Waals surface area contributed by atoms with Crippen molar-refractivity contribution in [1.29, 1.82) is 0 Å². The molecule has 0 atom stereocenters. The van der Waals surface area contributed by atoms with E-state index < -0.39 is 10.8 Å². The molecule has 0 saturated heterocycles. The van der Waals surface area contributed by atoms with E-state index in [1.807, 2.05) is 0 Å². The summed E-state index contributed by atoms with van der Waals surface area (Å²) in [7, 11) is 0. The van der Waals surface area contributed by atoms with Gasteiger partial charge in [0.2, 0.25) is 5.88 Å². The first kappa shape index (κ1) is 22.2. The summed E-state index contributed by atoms with van der Waals surface area (Å²) >= 11 is 12.0. The quantitative estimate of drug-likeness (QED) is 0.293. The van der Waals surface area contributed by atoms with Crippen LogP contribution >= 0.6 is 23.2 Å². The first-order valence-corrected chi connectivity index (χ1v) is 10.2. The predicted octanol–water partition coefficient (Wildman–Crippen LogP) is 5.23. The molecule has 0 aliphatic heterocycles. The molecule has 0 spiro atoms. The number of carbonyl (C=O) groups excluding carboxylic acids is 1. The van der Waals surface area contributed by atoms with Gasteiger partial charge in [-0.2, -0.15) is 0 Å². The lowest BCUT2D eigenvalue weighted by Gasteiger charge is -2.12. The Morgan fingerprint density at radius 1 is 1.15 bits per heavy atom. The van der Waals surface area contributed by atoms with E-state index in [2.05, 4.69) is 20.6 Å². The number of pyridine rings is 1. The Labute approximate surface area is 196 Å². The maximum Gasteiger partial charge on any atom is 0.278 e. The molecule has 33 heavy (non-hydrogen) atoms. The Bertz CT molecular complexity index is 1370. The van der Waals surface area contributed by atoms with Crippen LogP contribution in [-0.2, 0) is 0 Å². The van der Waals surface area contributed by atoms with Crippen LogP contribution in [0.1, 0.15) is 16.2 Å². The van der Waals surface area contributed by atoms with Crippen LogP contribution < -0.4 is 10.1 Å². The fraction of sp³-hybridized carbons (Fsp3) is 0.0476. The van der Waals surface area contributed by atoms with Crippen LogP contribution in [0.4, 0.5) is 11.4 Å². The summed E-state index contributed by atoms with van der Waals surface area (Å²) in [6.07, 6.45) is 1.39. The van der Waals surface area contributed by atoms with Crippen LogP contribution in [-0.4, -0.2) is 30.8 Å². The molecule has 12 heteroatoms. The number of non-ortho nitro benzene ring substituents is 1. The first-order valence-electron chi connectivity index (χ1n) is 9.40. The number of nitro groups is 1. The van der Waals surface area contributed by atoms with Gasteiger partial charge in [0.1, 0.15) is 5.02 Å². The van der Waals surface area contributed by atoms with Crippen molar-refractivity contribution in [3.63, 3.8) is 0 Å². The highest BCUT2D eigenvalue weighted by atomic mass is 35.5.